The first-order valence-electron chi connectivity index (χ1n) is 10.2. The molecule has 178 valence electrons. The fourth-order valence-corrected chi connectivity index (χ4v) is 4.05. The van der Waals surface area contributed by atoms with Gasteiger partial charge < -0.3 is 9.47 Å². The number of nitrogens with one attached hydrogen (secondary N) is 1. The predicted octanol–water partition coefficient (Wildman–Crippen LogP) is 5.90. The van der Waals surface area contributed by atoms with Crippen LogP contribution in [0.3, 0.4) is 0 Å². The lowest BCUT2D eigenvalue weighted by Gasteiger charge is -2.26. The van der Waals surface area contributed by atoms with Crippen LogP contribution in [0.5, 0.6) is 11.5 Å². The smallest absolute Gasteiger partial charge is 0.335 e. The van der Waals surface area contributed by atoms with Crippen molar-refractivity contribution in [3.05, 3.63) is 92.4 Å². The average molecular weight is 532 g/mol. The van der Waals surface area contributed by atoms with Gasteiger partial charge in [0, 0.05) is 15.6 Å². The van der Waals surface area contributed by atoms with Crippen molar-refractivity contribution in [3.63, 3.8) is 0 Å². The van der Waals surface area contributed by atoms with E-state index < -0.39 is 17.8 Å². The Balaban J connectivity index is 1.65. The van der Waals surface area contributed by atoms with Gasteiger partial charge in [-0.3, -0.25) is 14.9 Å². The van der Waals surface area contributed by atoms with Gasteiger partial charge in [0.2, 0.25) is 0 Å². The van der Waals surface area contributed by atoms with Crippen molar-refractivity contribution >= 4 is 64.4 Å². The largest absolute Gasteiger partial charge is 0.493 e. The Hall–Kier alpha value is -3.52. The summed E-state index contributed by atoms with van der Waals surface area (Å²) in [6.07, 6.45) is 1.31. The first-order valence-corrected chi connectivity index (χ1v) is 11.3. The summed E-state index contributed by atoms with van der Waals surface area (Å²) >= 11 is 18.6. The third-order valence-corrected chi connectivity index (χ3v) is 5.95. The van der Waals surface area contributed by atoms with Gasteiger partial charge in [-0.1, -0.05) is 59.1 Å². The number of halogens is 3. The van der Waals surface area contributed by atoms with Gasteiger partial charge in [0.25, 0.3) is 11.8 Å². The number of urea groups is 1. The second kappa shape index (κ2) is 10.4. The number of hydrogen-bond acceptors (Lipinski definition) is 5. The van der Waals surface area contributed by atoms with E-state index >= 15 is 0 Å². The molecule has 1 aliphatic rings. The zero-order valence-corrected chi connectivity index (χ0v) is 20.4. The molecule has 1 fully saturated rings. The van der Waals surface area contributed by atoms with E-state index in [0.29, 0.717) is 15.6 Å². The number of methoxy groups -OCH3 is 1. The number of carbonyl (C=O) groups is 3. The molecule has 0 aliphatic carbocycles. The van der Waals surface area contributed by atoms with Crippen LogP contribution in [0.4, 0.5) is 10.5 Å². The maximum Gasteiger partial charge on any atom is 0.335 e. The normalized spacial score (nSPS) is 14.8. The lowest BCUT2D eigenvalue weighted by Crippen LogP contribution is -2.54. The number of barbiturate groups is 1. The van der Waals surface area contributed by atoms with Crippen LogP contribution >= 0.6 is 34.8 Å². The number of amides is 4. The molecule has 1 aliphatic heterocycles. The summed E-state index contributed by atoms with van der Waals surface area (Å²) < 4.78 is 11.3. The molecular weight excluding hydrogens is 515 g/mol. The van der Waals surface area contributed by atoms with E-state index in [1.54, 1.807) is 24.3 Å². The van der Waals surface area contributed by atoms with Gasteiger partial charge in [-0.15, -0.1) is 0 Å². The summed E-state index contributed by atoms with van der Waals surface area (Å²) in [5.74, 6) is -1.10. The number of hydrogen-bond donors (Lipinski definition) is 1. The molecule has 10 heteroatoms. The maximum atomic E-state index is 13.1. The van der Waals surface area contributed by atoms with Gasteiger partial charge in [-0.25, -0.2) is 9.69 Å². The molecule has 3 aromatic carbocycles. The minimum Gasteiger partial charge on any atom is -0.493 e. The van der Waals surface area contributed by atoms with Crippen molar-refractivity contribution in [2.45, 2.75) is 6.61 Å². The van der Waals surface area contributed by atoms with Crippen LogP contribution in [0.2, 0.25) is 15.1 Å². The quantitative estimate of drug-likeness (QED) is 0.316. The van der Waals surface area contributed by atoms with Crippen molar-refractivity contribution < 1.29 is 23.9 Å². The highest BCUT2D eigenvalue weighted by molar-refractivity contribution is 6.39. The van der Waals surface area contributed by atoms with Crippen molar-refractivity contribution in [3.8, 4) is 11.5 Å². The molecule has 0 radical (unpaired) electrons. The van der Waals surface area contributed by atoms with Crippen molar-refractivity contribution in [1.29, 1.82) is 0 Å². The highest BCUT2D eigenvalue weighted by Crippen LogP contribution is 2.38. The van der Waals surface area contributed by atoms with Gasteiger partial charge in [-0.2, -0.15) is 0 Å². The SMILES string of the molecule is COc1cc(/C=C2\C(=O)NC(=O)N(c3cccc(Cl)c3)C2=O)cc(Cl)c1OCc1ccccc1Cl. The topological polar surface area (TPSA) is 84.9 Å². The number of imide groups is 2. The van der Waals surface area contributed by atoms with Crippen LogP contribution in [0.25, 0.3) is 6.08 Å². The van der Waals surface area contributed by atoms with E-state index in [0.717, 1.165) is 10.5 Å². The van der Waals surface area contributed by atoms with Crippen molar-refractivity contribution in [2.75, 3.05) is 12.0 Å². The molecule has 1 saturated heterocycles. The average Bonchev–Trinajstić information content (AvgIpc) is 2.81. The van der Waals surface area contributed by atoms with Crippen LogP contribution in [0.15, 0.2) is 66.2 Å². The van der Waals surface area contributed by atoms with Crippen LogP contribution in [-0.2, 0) is 16.2 Å². The molecule has 1 N–H and O–H groups in total. The Bertz CT molecular complexity index is 1370. The molecule has 4 rings (SSSR count). The third kappa shape index (κ3) is 5.27. The Morgan fingerprint density at radius 1 is 0.943 bits per heavy atom. The molecule has 35 heavy (non-hydrogen) atoms. The Morgan fingerprint density at radius 3 is 2.43 bits per heavy atom. The summed E-state index contributed by atoms with van der Waals surface area (Å²) in [5, 5.41) is 3.22. The summed E-state index contributed by atoms with van der Waals surface area (Å²) in [6, 6.07) is 15.6. The van der Waals surface area contributed by atoms with Gasteiger partial charge in [0.1, 0.15) is 12.2 Å². The van der Waals surface area contributed by atoms with E-state index in [1.807, 2.05) is 18.2 Å². The molecule has 0 spiro atoms. The zero-order valence-electron chi connectivity index (χ0n) is 18.2. The molecule has 3 aromatic rings. The standard InChI is InChI=1S/C25H17Cl3N2O5/c1-34-21-11-14(10-20(28)22(21)35-13-15-5-2-3-8-19(15)27)9-18-23(31)29-25(33)30(24(18)32)17-7-4-6-16(26)12-17/h2-12H,13H2,1H3,(H,29,31,33)/b18-9+. The molecule has 4 amide bonds. The predicted molar refractivity (Wildman–Crippen MR) is 134 cm³/mol. The Kier molecular flexibility index (Phi) is 7.31. The van der Waals surface area contributed by atoms with E-state index in [9.17, 15) is 14.4 Å². The fraction of sp³-hybridized carbons (Fsp3) is 0.0800. The summed E-state index contributed by atoms with van der Waals surface area (Å²) in [5.41, 5.74) is 1.09. The molecular formula is C25H17Cl3N2O5. The fourth-order valence-electron chi connectivity index (χ4n) is 3.40. The highest BCUT2D eigenvalue weighted by atomic mass is 35.5. The second-order valence-corrected chi connectivity index (χ2v) is 8.60. The first-order chi connectivity index (χ1) is 16.8. The maximum absolute atomic E-state index is 13.1. The number of benzene rings is 3. The first kappa shape index (κ1) is 24.6. The molecule has 1 heterocycles. The second-order valence-electron chi connectivity index (χ2n) is 7.35. The molecule has 7 nitrogen and oxygen atoms in total. The van der Waals surface area contributed by atoms with Crippen LogP contribution in [0.1, 0.15) is 11.1 Å². The molecule has 0 aromatic heterocycles. The highest BCUT2D eigenvalue weighted by Gasteiger charge is 2.37. The van der Waals surface area contributed by atoms with Crippen molar-refractivity contribution in [2.24, 2.45) is 0 Å². The van der Waals surface area contributed by atoms with E-state index in [1.165, 1.54) is 31.4 Å². The third-order valence-electron chi connectivity index (χ3n) is 5.06. The summed E-state index contributed by atoms with van der Waals surface area (Å²) in [6.45, 7) is 0.147. The van der Waals surface area contributed by atoms with Crippen molar-refractivity contribution in [1.82, 2.24) is 5.32 Å². The zero-order chi connectivity index (χ0) is 25.1. The minimum absolute atomic E-state index is 0.147. The molecule has 0 atom stereocenters. The minimum atomic E-state index is -0.877. The lowest BCUT2D eigenvalue weighted by molar-refractivity contribution is -0.122. The number of rotatable bonds is 6. The molecule has 0 bridgehead atoms. The van der Waals surface area contributed by atoms with Crippen LogP contribution in [0, 0.1) is 0 Å². The lowest BCUT2D eigenvalue weighted by atomic mass is 10.1. The van der Waals surface area contributed by atoms with Crippen LogP contribution < -0.4 is 19.7 Å². The van der Waals surface area contributed by atoms with Gasteiger partial charge in [0.15, 0.2) is 11.5 Å². The molecule has 0 unspecified atom stereocenters. The van der Waals surface area contributed by atoms with E-state index in [-0.39, 0.29) is 34.4 Å². The van der Waals surface area contributed by atoms with Crippen LogP contribution in [-0.4, -0.2) is 25.0 Å². The van der Waals surface area contributed by atoms with Gasteiger partial charge in [-0.05, 0) is 48.0 Å². The van der Waals surface area contributed by atoms with Gasteiger partial charge in [0.05, 0.1) is 17.8 Å². The number of carbonyl (C=O) groups excluding carboxylic acids is 3. The number of nitrogens with zero attached hydrogens (tertiary/aromatic N) is 1. The molecule has 0 saturated carbocycles. The summed E-state index contributed by atoms with van der Waals surface area (Å²) in [7, 11) is 1.43. The number of anilines is 1. The monoisotopic (exact) mass is 530 g/mol. The Labute approximate surface area is 215 Å². The number of ether oxygens (including phenoxy) is 2. The Morgan fingerprint density at radius 2 is 1.71 bits per heavy atom. The van der Waals surface area contributed by atoms with E-state index in [2.05, 4.69) is 5.32 Å². The van der Waals surface area contributed by atoms with E-state index in [4.69, 9.17) is 44.3 Å². The summed E-state index contributed by atoms with van der Waals surface area (Å²) in [4.78, 5) is 38.8. The van der Waals surface area contributed by atoms with Gasteiger partial charge >= 0.3 is 6.03 Å².